The van der Waals surface area contributed by atoms with Crippen LogP contribution in [-0.4, -0.2) is 47.0 Å². The predicted octanol–water partition coefficient (Wildman–Crippen LogP) is 3.47. The lowest BCUT2D eigenvalue weighted by Crippen LogP contribution is -2.41. The molecular formula is C23H34N4O. The zero-order valence-electron chi connectivity index (χ0n) is 17.3. The smallest absolute Gasteiger partial charge is 0.225 e. The van der Waals surface area contributed by atoms with E-state index in [9.17, 15) is 4.79 Å². The molecule has 2 aliphatic heterocycles. The average molecular weight is 383 g/mol. The summed E-state index contributed by atoms with van der Waals surface area (Å²) in [6.45, 7) is 6.46. The molecule has 152 valence electrons. The summed E-state index contributed by atoms with van der Waals surface area (Å²) in [7, 11) is 0. The third-order valence-corrected chi connectivity index (χ3v) is 7.87. The summed E-state index contributed by atoms with van der Waals surface area (Å²) < 4.78 is 0. The second-order valence-corrected chi connectivity index (χ2v) is 9.64. The molecule has 1 unspecified atom stereocenters. The molecule has 2 aliphatic carbocycles. The molecule has 0 bridgehead atoms. The number of amides is 1. The van der Waals surface area contributed by atoms with Gasteiger partial charge in [-0.15, -0.1) is 0 Å². The van der Waals surface area contributed by atoms with Crippen molar-refractivity contribution in [3.8, 4) is 0 Å². The first-order chi connectivity index (χ1) is 13.7. The molecule has 28 heavy (non-hydrogen) atoms. The molecule has 2 saturated heterocycles. The van der Waals surface area contributed by atoms with Gasteiger partial charge < -0.3 is 9.80 Å². The fourth-order valence-electron chi connectivity index (χ4n) is 5.91. The van der Waals surface area contributed by atoms with Gasteiger partial charge in [0.1, 0.15) is 12.1 Å². The van der Waals surface area contributed by atoms with E-state index in [4.69, 9.17) is 0 Å². The Labute approximate surface area is 168 Å². The van der Waals surface area contributed by atoms with E-state index in [1.807, 2.05) is 0 Å². The van der Waals surface area contributed by atoms with Gasteiger partial charge in [0, 0.05) is 43.4 Å². The van der Waals surface area contributed by atoms with Crippen LogP contribution in [0.2, 0.25) is 0 Å². The van der Waals surface area contributed by atoms with Crippen molar-refractivity contribution in [2.75, 3.05) is 31.1 Å². The zero-order valence-corrected chi connectivity index (χ0v) is 17.3. The van der Waals surface area contributed by atoms with Gasteiger partial charge in [-0.2, -0.15) is 0 Å². The van der Waals surface area contributed by atoms with Gasteiger partial charge in [-0.05, 0) is 75.5 Å². The number of carbonyl (C=O) groups is 1. The number of anilines is 1. The summed E-state index contributed by atoms with van der Waals surface area (Å²) in [6.07, 6.45) is 12.7. The second kappa shape index (κ2) is 7.64. The van der Waals surface area contributed by atoms with Crippen LogP contribution in [0.1, 0.15) is 63.1 Å². The summed E-state index contributed by atoms with van der Waals surface area (Å²) in [5.41, 5.74) is 2.70. The van der Waals surface area contributed by atoms with Crippen LogP contribution in [0.3, 0.4) is 0 Å². The van der Waals surface area contributed by atoms with Crippen molar-refractivity contribution in [3.63, 3.8) is 0 Å². The highest BCUT2D eigenvalue weighted by molar-refractivity contribution is 5.81. The molecule has 1 aromatic heterocycles. The molecule has 4 aliphatic rings. The molecule has 3 heterocycles. The Morgan fingerprint density at radius 3 is 2.50 bits per heavy atom. The number of likely N-dealkylation sites (tertiary alicyclic amines) is 1. The number of aromatic nitrogens is 2. The minimum absolute atomic E-state index is 0.345. The number of piperidine rings is 1. The Kier molecular flexibility index (Phi) is 5.02. The van der Waals surface area contributed by atoms with Crippen LogP contribution in [0.4, 0.5) is 5.82 Å². The zero-order chi connectivity index (χ0) is 19.1. The molecule has 5 nitrogen and oxygen atoms in total. The Morgan fingerprint density at radius 1 is 0.964 bits per heavy atom. The van der Waals surface area contributed by atoms with E-state index in [0.717, 1.165) is 57.3 Å². The summed E-state index contributed by atoms with van der Waals surface area (Å²) >= 11 is 0. The summed E-state index contributed by atoms with van der Waals surface area (Å²) in [6, 6.07) is 0. The molecule has 5 rings (SSSR count). The minimum Gasteiger partial charge on any atom is -0.356 e. The second-order valence-electron chi connectivity index (χ2n) is 9.64. The standard InChI is InChI=1S/C23H34N4O/c1-16-14-20(16)23(28)27-12-8-18(9-13-27)17-4-3-10-26(11-7-17)22-19-5-2-6-21(19)24-15-25-22/h15-18,20H,2-14H2,1H3/t16-,17?,20-/m0/s1. The molecule has 0 N–H and O–H groups in total. The fraction of sp³-hybridized carbons (Fsp3) is 0.783. The van der Waals surface area contributed by atoms with Gasteiger partial charge in [0.05, 0.1) is 0 Å². The van der Waals surface area contributed by atoms with E-state index in [-0.39, 0.29) is 0 Å². The fourth-order valence-corrected chi connectivity index (χ4v) is 5.91. The van der Waals surface area contributed by atoms with E-state index in [1.165, 1.54) is 55.6 Å². The van der Waals surface area contributed by atoms with Gasteiger partial charge in [0.15, 0.2) is 0 Å². The van der Waals surface area contributed by atoms with Crippen molar-refractivity contribution in [1.82, 2.24) is 14.9 Å². The maximum Gasteiger partial charge on any atom is 0.225 e. The van der Waals surface area contributed by atoms with Crippen LogP contribution in [0, 0.1) is 23.7 Å². The SMILES string of the molecule is C[C@H]1C[C@@H]1C(=O)N1CCC(C2CCCN(c3ncnc4c3CCC4)CC2)CC1. The van der Waals surface area contributed by atoms with Crippen LogP contribution in [0.25, 0.3) is 0 Å². The molecule has 3 atom stereocenters. The van der Waals surface area contributed by atoms with Crippen LogP contribution >= 0.6 is 0 Å². The van der Waals surface area contributed by atoms with E-state index >= 15 is 0 Å². The number of hydrogen-bond donors (Lipinski definition) is 0. The molecule has 0 spiro atoms. The topological polar surface area (TPSA) is 49.3 Å². The first-order valence-corrected chi connectivity index (χ1v) is 11.6. The van der Waals surface area contributed by atoms with Gasteiger partial charge in [-0.25, -0.2) is 9.97 Å². The molecule has 5 heteroatoms. The Hall–Kier alpha value is -1.65. The van der Waals surface area contributed by atoms with Gasteiger partial charge in [-0.1, -0.05) is 6.92 Å². The molecule has 0 radical (unpaired) electrons. The van der Waals surface area contributed by atoms with Crippen LogP contribution in [-0.2, 0) is 17.6 Å². The quantitative estimate of drug-likeness (QED) is 0.803. The Bertz CT molecular complexity index is 727. The van der Waals surface area contributed by atoms with Gasteiger partial charge in [-0.3, -0.25) is 4.79 Å². The van der Waals surface area contributed by atoms with E-state index in [2.05, 4.69) is 26.7 Å². The van der Waals surface area contributed by atoms with Crippen LogP contribution in [0.15, 0.2) is 6.33 Å². The van der Waals surface area contributed by atoms with E-state index < -0.39 is 0 Å². The van der Waals surface area contributed by atoms with Crippen molar-refractivity contribution < 1.29 is 4.79 Å². The maximum atomic E-state index is 12.5. The van der Waals surface area contributed by atoms with E-state index in [1.54, 1.807) is 6.33 Å². The highest BCUT2D eigenvalue weighted by atomic mass is 16.2. The lowest BCUT2D eigenvalue weighted by atomic mass is 9.80. The lowest BCUT2D eigenvalue weighted by Gasteiger charge is -2.36. The average Bonchev–Trinajstić information content (AvgIpc) is 3.35. The Morgan fingerprint density at radius 2 is 1.71 bits per heavy atom. The molecule has 1 saturated carbocycles. The number of nitrogens with zero attached hydrogens (tertiary/aromatic N) is 4. The molecule has 3 fully saturated rings. The summed E-state index contributed by atoms with van der Waals surface area (Å²) in [5.74, 6) is 4.25. The van der Waals surface area contributed by atoms with Crippen molar-refractivity contribution in [3.05, 3.63) is 17.6 Å². The number of aryl methyl sites for hydroxylation is 1. The van der Waals surface area contributed by atoms with Crippen molar-refractivity contribution in [2.24, 2.45) is 23.7 Å². The number of carbonyl (C=O) groups excluding carboxylic acids is 1. The highest BCUT2D eigenvalue weighted by Gasteiger charge is 2.42. The number of fused-ring (bicyclic) bond motifs is 1. The summed E-state index contributed by atoms with van der Waals surface area (Å²) in [5, 5.41) is 0. The molecule has 1 aromatic rings. The normalized spacial score (nSPS) is 30.8. The number of rotatable bonds is 3. The maximum absolute atomic E-state index is 12.5. The van der Waals surface area contributed by atoms with Gasteiger partial charge in [0.2, 0.25) is 5.91 Å². The first kappa shape index (κ1) is 18.4. The Balaban J connectivity index is 1.17. The molecule has 0 aromatic carbocycles. The van der Waals surface area contributed by atoms with Crippen molar-refractivity contribution in [2.45, 2.75) is 64.7 Å². The van der Waals surface area contributed by atoms with Crippen LogP contribution < -0.4 is 4.90 Å². The van der Waals surface area contributed by atoms with Crippen molar-refractivity contribution >= 4 is 11.7 Å². The third-order valence-electron chi connectivity index (χ3n) is 7.87. The lowest BCUT2D eigenvalue weighted by molar-refractivity contribution is -0.134. The van der Waals surface area contributed by atoms with Crippen molar-refractivity contribution in [1.29, 1.82) is 0 Å². The first-order valence-electron chi connectivity index (χ1n) is 11.6. The number of hydrogen-bond acceptors (Lipinski definition) is 4. The predicted molar refractivity (Wildman–Crippen MR) is 110 cm³/mol. The van der Waals surface area contributed by atoms with Crippen LogP contribution in [0.5, 0.6) is 0 Å². The minimum atomic E-state index is 0.345. The largest absolute Gasteiger partial charge is 0.356 e. The summed E-state index contributed by atoms with van der Waals surface area (Å²) in [4.78, 5) is 26.4. The molecular weight excluding hydrogens is 348 g/mol. The third kappa shape index (κ3) is 3.53. The monoisotopic (exact) mass is 382 g/mol. The molecule has 1 amide bonds. The highest BCUT2D eigenvalue weighted by Crippen LogP contribution is 2.41. The van der Waals surface area contributed by atoms with E-state index in [0.29, 0.717) is 17.7 Å². The van der Waals surface area contributed by atoms with Gasteiger partial charge in [0.25, 0.3) is 0 Å². The van der Waals surface area contributed by atoms with Gasteiger partial charge >= 0.3 is 0 Å².